The number of fused-ring (bicyclic) bond motifs is 1. The molecule has 7 nitrogen and oxygen atoms in total. The maximum atomic E-state index is 4.66. The van der Waals surface area contributed by atoms with E-state index in [1.165, 1.54) is 12.0 Å². The van der Waals surface area contributed by atoms with Gasteiger partial charge >= 0.3 is 0 Å². The van der Waals surface area contributed by atoms with E-state index < -0.39 is 0 Å². The van der Waals surface area contributed by atoms with Crippen molar-refractivity contribution in [2.75, 3.05) is 18.0 Å². The highest BCUT2D eigenvalue weighted by atomic mass is 15.4. The van der Waals surface area contributed by atoms with Gasteiger partial charge in [-0.2, -0.15) is 9.61 Å². The second kappa shape index (κ2) is 5.08. The first-order chi connectivity index (χ1) is 10.7. The smallest absolute Gasteiger partial charge is 0.178 e. The molecule has 114 valence electrons. The van der Waals surface area contributed by atoms with Gasteiger partial charge in [-0.1, -0.05) is 0 Å². The highest BCUT2D eigenvalue weighted by Crippen LogP contribution is 2.25. The summed E-state index contributed by atoms with van der Waals surface area (Å²) in [6, 6.07) is 4.02. The molecule has 4 rings (SSSR count). The fourth-order valence-electron chi connectivity index (χ4n) is 3.17. The van der Waals surface area contributed by atoms with Crippen LogP contribution in [0.3, 0.4) is 0 Å². The molecule has 0 aromatic carbocycles. The summed E-state index contributed by atoms with van der Waals surface area (Å²) in [5, 5.41) is 17.1. The highest BCUT2D eigenvalue weighted by Gasteiger charge is 2.24. The second-order valence-corrected chi connectivity index (χ2v) is 6.04. The highest BCUT2D eigenvalue weighted by molar-refractivity contribution is 5.46. The molecule has 3 aromatic heterocycles. The first-order valence-corrected chi connectivity index (χ1v) is 7.60. The van der Waals surface area contributed by atoms with Gasteiger partial charge in [-0.3, -0.25) is 4.68 Å². The van der Waals surface area contributed by atoms with Crippen LogP contribution < -0.4 is 4.90 Å². The molecule has 0 radical (unpaired) electrons. The normalized spacial score (nSPS) is 18.5. The monoisotopic (exact) mass is 297 g/mol. The van der Waals surface area contributed by atoms with Crippen LogP contribution in [0.4, 0.5) is 5.82 Å². The Labute approximate surface area is 128 Å². The fraction of sp³-hybridized carbons (Fsp3) is 0.467. The van der Waals surface area contributed by atoms with E-state index in [0.29, 0.717) is 5.92 Å². The molecule has 0 amide bonds. The van der Waals surface area contributed by atoms with Crippen LogP contribution in [0.1, 0.15) is 17.8 Å². The van der Waals surface area contributed by atoms with Gasteiger partial charge in [-0.25, -0.2) is 0 Å². The largest absolute Gasteiger partial charge is 0.355 e. The topological polar surface area (TPSA) is 64.1 Å². The third-order valence-corrected chi connectivity index (χ3v) is 4.30. The summed E-state index contributed by atoms with van der Waals surface area (Å²) in [5.74, 6) is 2.48. The first kappa shape index (κ1) is 13.2. The summed E-state index contributed by atoms with van der Waals surface area (Å²) in [4.78, 5) is 2.35. The van der Waals surface area contributed by atoms with Gasteiger partial charge in [0.05, 0.1) is 6.20 Å². The van der Waals surface area contributed by atoms with Gasteiger partial charge < -0.3 is 4.90 Å². The zero-order chi connectivity index (χ0) is 15.1. The van der Waals surface area contributed by atoms with Crippen LogP contribution in [0.2, 0.25) is 0 Å². The molecule has 22 heavy (non-hydrogen) atoms. The summed E-state index contributed by atoms with van der Waals surface area (Å²) in [7, 11) is 1.96. The zero-order valence-electron chi connectivity index (χ0n) is 12.8. The van der Waals surface area contributed by atoms with Gasteiger partial charge in [0.1, 0.15) is 5.82 Å². The maximum Gasteiger partial charge on any atom is 0.178 e. The summed E-state index contributed by atoms with van der Waals surface area (Å²) < 4.78 is 3.68. The Balaban J connectivity index is 1.50. The van der Waals surface area contributed by atoms with Crippen LogP contribution in [-0.2, 0) is 13.5 Å². The van der Waals surface area contributed by atoms with E-state index in [9.17, 15) is 0 Å². The number of aryl methyl sites for hydroxylation is 2. The third kappa shape index (κ3) is 2.32. The molecular formula is C15H19N7. The number of anilines is 1. The van der Waals surface area contributed by atoms with Gasteiger partial charge in [0.15, 0.2) is 11.5 Å². The number of aromatic nitrogens is 6. The minimum atomic E-state index is 0.656. The quantitative estimate of drug-likeness (QED) is 0.727. The molecule has 1 atom stereocenters. The summed E-state index contributed by atoms with van der Waals surface area (Å²) in [6.07, 6.45) is 6.34. The molecule has 4 heterocycles. The summed E-state index contributed by atoms with van der Waals surface area (Å²) >= 11 is 0. The van der Waals surface area contributed by atoms with Crippen LogP contribution in [0.25, 0.3) is 5.65 Å². The van der Waals surface area contributed by atoms with Crippen molar-refractivity contribution in [3.8, 4) is 0 Å². The second-order valence-electron chi connectivity index (χ2n) is 6.04. The number of hydrogen-bond acceptors (Lipinski definition) is 5. The van der Waals surface area contributed by atoms with Crippen LogP contribution in [0.15, 0.2) is 24.5 Å². The lowest BCUT2D eigenvalue weighted by molar-refractivity contribution is 0.585. The van der Waals surface area contributed by atoms with E-state index in [1.54, 1.807) is 0 Å². The van der Waals surface area contributed by atoms with Gasteiger partial charge in [-0.05, 0) is 43.4 Å². The van der Waals surface area contributed by atoms with Crippen LogP contribution in [0, 0.1) is 12.8 Å². The van der Waals surface area contributed by atoms with E-state index in [-0.39, 0.29) is 0 Å². The summed E-state index contributed by atoms with van der Waals surface area (Å²) in [5.41, 5.74) is 2.11. The number of hydrogen-bond donors (Lipinski definition) is 0. The fourth-order valence-corrected chi connectivity index (χ4v) is 3.17. The number of rotatable bonds is 3. The SMILES string of the molecule is Cc1nnc2ccc(N3CCC(Cc4cnn(C)c4)C3)nn12. The Bertz CT molecular complexity index is 803. The van der Waals surface area contributed by atoms with E-state index in [1.807, 2.05) is 41.5 Å². The van der Waals surface area contributed by atoms with Gasteiger partial charge in [0.2, 0.25) is 0 Å². The lowest BCUT2D eigenvalue weighted by atomic mass is 10.0. The Morgan fingerprint density at radius 3 is 3.00 bits per heavy atom. The molecule has 1 aliphatic rings. The Morgan fingerprint density at radius 2 is 2.18 bits per heavy atom. The van der Waals surface area contributed by atoms with Gasteiger partial charge in [-0.15, -0.1) is 15.3 Å². The van der Waals surface area contributed by atoms with Crippen molar-refractivity contribution in [2.24, 2.45) is 13.0 Å². The predicted molar refractivity (Wildman–Crippen MR) is 82.8 cm³/mol. The average Bonchev–Trinajstić information content (AvgIpc) is 3.22. The lowest BCUT2D eigenvalue weighted by Gasteiger charge is -2.17. The molecule has 0 aliphatic carbocycles. The van der Waals surface area contributed by atoms with E-state index in [2.05, 4.69) is 31.5 Å². The molecular weight excluding hydrogens is 278 g/mol. The number of nitrogens with zero attached hydrogens (tertiary/aromatic N) is 7. The van der Waals surface area contributed by atoms with Crippen molar-refractivity contribution in [1.29, 1.82) is 0 Å². The van der Waals surface area contributed by atoms with Crippen molar-refractivity contribution in [2.45, 2.75) is 19.8 Å². The zero-order valence-corrected chi connectivity index (χ0v) is 12.8. The van der Waals surface area contributed by atoms with Crippen molar-refractivity contribution in [3.63, 3.8) is 0 Å². The molecule has 0 N–H and O–H groups in total. The first-order valence-electron chi connectivity index (χ1n) is 7.60. The molecule has 3 aromatic rings. The van der Waals surface area contributed by atoms with Crippen LogP contribution >= 0.6 is 0 Å². The van der Waals surface area contributed by atoms with Crippen molar-refractivity contribution >= 4 is 11.5 Å². The molecule has 1 fully saturated rings. The molecule has 1 aliphatic heterocycles. The van der Waals surface area contributed by atoms with Crippen molar-refractivity contribution < 1.29 is 0 Å². The molecule has 0 spiro atoms. The van der Waals surface area contributed by atoms with E-state index in [0.717, 1.165) is 36.8 Å². The van der Waals surface area contributed by atoms with Crippen LogP contribution in [-0.4, -0.2) is 42.7 Å². The van der Waals surface area contributed by atoms with Gasteiger partial charge in [0.25, 0.3) is 0 Å². The molecule has 7 heteroatoms. The average molecular weight is 297 g/mol. The Hall–Kier alpha value is -2.44. The Morgan fingerprint density at radius 1 is 1.27 bits per heavy atom. The molecule has 0 saturated carbocycles. The lowest BCUT2D eigenvalue weighted by Crippen LogP contribution is -2.22. The minimum absolute atomic E-state index is 0.656. The standard InChI is InChI=1S/C15H19N7/c1-11-17-18-14-3-4-15(19-22(11)14)21-6-5-12(10-21)7-13-8-16-20(2)9-13/h3-4,8-9,12H,5-7,10H2,1-2H3. The third-order valence-electron chi connectivity index (χ3n) is 4.30. The molecule has 1 saturated heterocycles. The van der Waals surface area contributed by atoms with Gasteiger partial charge in [0, 0.05) is 26.3 Å². The predicted octanol–water partition coefficient (Wildman–Crippen LogP) is 1.24. The molecule has 0 bridgehead atoms. The molecule has 1 unspecified atom stereocenters. The van der Waals surface area contributed by atoms with Crippen LogP contribution in [0.5, 0.6) is 0 Å². The minimum Gasteiger partial charge on any atom is -0.355 e. The Kier molecular flexibility index (Phi) is 3.06. The van der Waals surface area contributed by atoms with E-state index >= 15 is 0 Å². The maximum absolute atomic E-state index is 4.66. The summed E-state index contributed by atoms with van der Waals surface area (Å²) in [6.45, 7) is 4.01. The van der Waals surface area contributed by atoms with Crippen molar-refractivity contribution in [1.82, 2.24) is 29.6 Å². The van der Waals surface area contributed by atoms with E-state index in [4.69, 9.17) is 0 Å². The van der Waals surface area contributed by atoms with Crippen molar-refractivity contribution in [3.05, 3.63) is 35.9 Å².